The Balaban J connectivity index is 3.14. The number of rotatable bonds is 7. The molecule has 0 aliphatic heterocycles. The first kappa shape index (κ1) is 16.6. The van der Waals surface area contributed by atoms with E-state index in [2.05, 4.69) is 5.32 Å². The van der Waals surface area contributed by atoms with Gasteiger partial charge in [-0.1, -0.05) is 6.92 Å². The highest BCUT2D eigenvalue weighted by Crippen LogP contribution is 2.44. The standard InChI is InChI=1S/C14H25N3O2S/c1-6-8-16-13(18)12-10(15)11(19-9(3)4)14(20-12)17(5)7-2/h9H,6-8,15H2,1-5H3,(H,16,18). The molecule has 1 aromatic heterocycles. The Bertz CT molecular complexity index is 458. The molecule has 5 nitrogen and oxygen atoms in total. The molecule has 1 amide bonds. The highest BCUT2D eigenvalue weighted by atomic mass is 32.1. The number of nitrogen functional groups attached to an aromatic ring is 1. The summed E-state index contributed by atoms with van der Waals surface area (Å²) in [6.07, 6.45) is 0.913. The van der Waals surface area contributed by atoms with Gasteiger partial charge < -0.3 is 20.7 Å². The Morgan fingerprint density at radius 1 is 1.45 bits per heavy atom. The number of anilines is 2. The molecule has 0 fully saturated rings. The summed E-state index contributed by atoms with van der Waals surface area (Å²) >= 11 is 1.38. The van der Waals surface area contributed by atoms with Crippen molar-refractivity contribution in [2.24, 2.45) is 0 Å². The number of carbonyl (C=O) groups is 1. The van der Waals surface area contributed by atoms with Gasteiger partial charge in [-0.05, 0) is 27.2 Å². The van der Waals surface area contributed by atoms with Crippen LogP contribution < -0.4 is 20.7 Å². The second-order valence-corrected chi connectivity index (χ2v) is 5.91. The molecule has 1 rings (SSSR count). The Kier molecular flexibility index (Phi) is 6.13. The molecule has 114 valence electrons. The van der Waals surface area contributed by atoms with E-state index in [1.54, 1.807) is 0 Å². The fourth-order valence-electron chi connectivity index (χ4n) is 1.65. The Hall–Kier alpha value is -1.43. The van der Waals surface area contributed by atoms with Crippen LogP contribution in [-0.4, -0.2) is 32.1 Å². The highest BCUT2D eigenvalue weighted by Gasteiger charge is 2.24. The number of carbonyl (C=O) groups excluding carboxylic acids is 1. The molecule has 1 heterocycles. The van der Waals surface area contributed by atoms with Crippen LogP contribution in [0, 0.1) is 0 Å². The maximum Gasteiger partial charge on any atom is 0.263 e. The van der Waals surface area contributed by atoms with Gasteiger partial charge >= 0.3 is 0 Å². The predicted molar refractivity (Wildman–Crippen MR) is 86.1 cm³/mol. The van der Waals surface area contributed by atoms with E-state index in [1.807, 2.05) is 39.6 Å². The van der Waals surface area contributed by atoms with E-state index in [-0.39, 0.29) is 12.0 Å². The monoisotopic (exact) mass is 299 g/mol. The molecule has 3 N–H and O–H groups in total. The average molecular weight is 299 g/mol. The fourth-order valence-corrected chi connectivity index (χ4v) is 2.74. The maximum atomic E-state index is 12.1. The Labute approximate surface area is 125 Å². The molecular weight excluding hydrogens is 274 g/mol. The molecule has 0 atom stereocenters. The first-order valence-corrected chi connectivity index (χ1v) is 7.82. The van der Waals surface area contributed by atoms with E-state index in [1.165, 1.54) is 11.3 Å². The van der Waals surface area contributed by atoms with Gasteiger partial charge in [0.2, 0.25) is 0 Å². The molecule has 0 unspecified atom stereocenters. The molecule has 20 heavy (non-hydrogen) atoms. The van der Waals surface area contributed by atoms with Crippen molar-refractivity contribution in [2.45, 2.75) is 40.2 Å². The van der Waals surface area contributed by atoms with Crippen LogP contribution in [0.1, 0.15) is 43.8 Å². The third-order valence-corrected chi connectivity index (χ3v) is 4.10. The third-order valence-electron chi connectivity index (χ3n) is 2.80. The van der Waals surface area contributed by atoms with Crippen LogP contribution in [0.5, 0.6) is 5.75 Å². The van der Waals surface area contributed by atoms with Gasteiger partial charge in [-0.2, -0.15) is 0 Å². The number of hydrogen-bond acceptors (Lipinski definition) is 5. The number of hydrogen-bond donors (Lipinski definition) is 2. The molecular formula is C14H25N3O2S. The number of nitrogens with zero attached hydrogens (tertiary/aromatic N) is 1. The largest absolute Gasteiger partial charge is 0.486 e. The number of thiophene rings is 1. The van der Waals surface area contributed by atoms with Crippen molar-refractivity contribution >= 4 is 27.9 Å². The van der Waals surface area contributed by atoms with E-state index in [9.17, 15) is 4.79 Å². The van der Waals surface area contributed by atoms with Gasteiger partial charge in [-0.25, -0.2) is 0 Å². The molecule has 6 heteroatoms. The summed E-state index contributed by atoms with van der Waals surface area (Å²) in [4.78, 5) is 14.7. The van der Waals surface area contributed by atoms with Gasteiger partial charge in [-0.15, -0.1) is 11.3 Å². The van der Waals surface area contributed by atoms with Crippen molar-refractivity contribution in [3.8, 4) is 5.75 Å². The van der Waals surface area contributed by atoms with Crippen LogP contribution >= 0.6 is 11.3 Å². The predicted octanol–water partition coefficient (Wildman–Crippen LogP) is 2.71. The first-order chi connectivity index (χ1) is 9.42. The molecule has 0 aliphatic rings. The quantitative estimate of drug-likeness (QED) is 0.812. The van der Waals surface area contributed by atoms with E-state index >= 15 is 0 Å². The van der Waals surface area contributed by atoms with Gasteiger partial charge in [0, 0.05) is 20.1 Å². The van der Waals surface area contributed by atoms with E-state index in [4.69, 9.17) is 10.5 Å². The zero-order valence-electron chi connectivity index (χ0n) is 12.9. The smallest absolute Gasteiger partial charge is 0.263 e. The zero-order chi connectivity index (χ0) is 15.3. The van der Waals surface area contributed by atoms with E-state index in [0.29, 0.717) is 22.9 Å². The van der Waals surface area contributed by atoms with Crippen molar-refractivity contribution in [3.63, 3.8) is 0 Å². The number of amides is 1. The van der Waals surface area contributed by atoms with Gasteiger partial charge in [0.1, 0.15) is 15.6 Å². The second kappa shape index (κ2) is 7.38. The van der Waals surface area contributed by atoms with Gasteiger partial charge in [0.05, 0.1) is 6.10 Å². The first-order valence-electron chi connectivity index (χ1n) is 7.00. The van der Waals surface area contributed by atoms with Crippen molar-refractivity contribution < 1.29 is 9.53 Å². The van der Waals surface area contributed by atoms with Crippen LogP contribution in [0.4, 0.5) is 10.7 Å². The zero-order valence-corrected chi connectivity index (χ0v) is 13.8. The minimum Gasteiger partial charge on any atom is -0.486 e. The highest BCUT2D eigenvalue weighted by molar-refractivity contribution is 7.19. The lowest BCUT2D eigenvalue weighted by atomic mass is 10.3. The van der Waals surface area contributed by atoms with Crippen molar-refractivity contribution in [2.75, 3.05) is 30.8 Å². The van der Waals surface area contributed by atoms with Crippen LogP contribution in [0.25, 0.3) is 0 Å². The molecule has 0 aromatic carbocycles. The van der Waals surface area contributed by atoms with Gasteiger partial charge in [0.25, 0.3) is 5.91 Å². The van der Waals surface area contributed by atoms with E-state index < -0.39 is 0 Å². The summed E-state index contributed by atoms with van der Waals surface area (Å²) in [5.41, 5.74) is 6.55. The van der Waals surface area contributed by atoms with Crippen LogP contribution in [0.3, 0.4) is 0 Å². The molecule has 0 saturated heterocycles. The molecule has 0 spiro atoms. The summed E-state index contributed by atoms with van der Waals surface area (Å²) in [7, 11) is 1.96. The molecule has 1 aromatic rings. The Morgan fingerprint density at radius 3 is 2.60 bits per heavy atom. The van der Waals surface area contributed by atoms with Crippen LogP contribution in [0.2, 0.25) is 0 Å². The summed E-state index contributed by atoms with van der Waals surface area (Å²) in [6, 6.07) is 0. The molecule has 0 radical (unpaired) electrons. The third kappa shape index (κ3) is 3.79. The summed E-state index contributed by atoms with van der Waals surface area (Å²) in [5, 5.41) is 3.76. The summed E-state index contributed by atoms with van der Waals surface area (Å²) < 4.78 is 5.80. The number of ether oxygens (including phenoxy) is 1. The number of nitrogens with two attached hydrogens (primary N) is 1. The topological polar surface area (TPSA) is 67.6 Å². The van der Waals surface area contributed by atoms with Crippen molar-refractivity contribution in [3.05, 3.63) is 4.88 Å². The van der Waals surface area contributed by atoms with Gasteiger partial charge in [-0.3, -0.25) is 4.79 Å². The van der Waals surface area contributed by atoms with Crippen LogP contribution in [0.15, 0.2) is 0 Å². The minimum atomic E-state index is -0.126. The van der Waals surface area contributed by atoms with Gasteiger partial charge in [0.15, 0.2) is 5.75 Å². The van der Waals surface area contributed by atoms with E-state index in [0.717, 1.165) is 18.0 Å². The summed E-state index contributed by atoms with van der Waals surface area (Å²) in [6.45, 7) is 9.43. The SMILES string of the molecule is CCCNC(=O)c1sc(N(C)CC)c(OC(C)C)c1N. The lowest BCUT2D eigenvalue weighted by Crippen LogP contribution is -2.23. The maximum absolute atomic E-state index is 12.1. The fraction of sp³-hybridized carbons (Fsp3) is 0.643. The molecule has 0 aliphatic carbocycles. The lowest BCUT2D eigenvalue weighted by molar-refractivity contribution is 0.0958. The normalized spacial score (nSPS) is 10.7. The summed E-state index contributed by atoms with van der Waals surface area (Å²) in [5.74, 6) is 0.495. The lowest BCUT2D eigenvalue weighted by Gasteiger charge is -2.18. The van der Waals surface area contributed by atoms with Crippen LogP contribution in [-0.2, 0) is 0 Å². The Morgan fingerprint density at radius 2 is 2.10 bits per heavy atom. The average Bonchev–Trinajstić information content (AvgIpc) is 2.72. The number of nitrogens with one attached hydrogen (secondary N) is 1. The molecule has 0 bridgehead atoms. The second-order valence-electron chi connectivity index (χ2n) is 4.92. The van der Waals surface area contributed by atoms with Crippen molar-refractivity contribution in [1.29, 1.82) is 0 Å². The minimum absolute atomic E-state index is 0.0162. The van der Waals surface area contributed by atoms with Crippen molar-refractivity contribution in [1.82, 2.24) is 5.32 Å². The molecule has 0 saturated carbocycles.